The number of nitrogens with zero attached hydrogens (tertiary/aromatic N) is 6. The minimum atomic E-state index is -1.79. The second kappa shape index (κ2) is 12.5. The SMILES string of the molecule is CNC(=O)c1ccc(-n2c(NCc3ncn(-c4ccccc4)n3)nc3c(c2=O)C[C@@H](F)N(C(=O)c2ccc(Cl)c(Cl)c2)C3)cc1. The first-order valence-electron chi connectivity index (χ1n) is 13.8. The molecule has 45 heavy (non-hydrogen) atoms. The van der Waals surface area contributed by atoms with Crippen LogP contribution in [0.4, 0.5) is 10.3 Å². The highest BCUT2D eigenvalue weighted by atomic mass is 35.5. The molecule has 0 saturated heterocycles. The lowest BCUT2D eigenvalue weighted by Crippen LogP contribution is -2.45. The Morgan fingerprint density at radius 1 is 0.978 bits per heavy atom. The van der Waals surface area contributed by atoms with E-state index in [1.165, 1.54) is 29.8 Å². The number of carbonyl (C=O) groups is 2. The van der Waals surface area contributed by atoms with Gasteiger partial charge in [0.2, 0.25) is 5.95 Å². The van der Waals surface area contributed by atoms with Gasteiger partial charge in [-0.25, -0.2) is 23.6 Å². The summed E-state index contributed by atoms with van der Waals surface area (Å²) in [6.45, 7) is -0.157. The zero-order valence-electron chi connectivity index (χ0n) is 23.7. The second-order valence-corrected chi connectivity index (χ2v) is 10.9. The molecule has 0 fully saturated rings. The van der Waals surface area contributed by atoms with Crippen LogP contribution in [-0.2, 0) is 19.5 Å². The van der Waals surface area contributed by atoms with Gasteiger partial charge in [-0.15, -0.1) is 5.10 Å². The maximum atomic E-state index is 15.5. The number of rotatable bonds is 7. The zero-order chi connectivity index (χ0) is 31.7. The fourth-order valence-electron chi connectivity index (χ4n) is 4.97. The van der Waals surface area contributed by atoms with Gasteiger partial charge in [0.15, 0.2) is 12.1 Å². The van der Waals surface area contributed by atoms with Gasteiger partial charge in [-0.3, -0.25) is 14.4 Å². The van der Waals surface area contributed by atoms with Crippen LogP contribution in [-0.4, -0.2) is 54.4 Å². The molecule has 5 aromatic rings. The topological polar surface area (TPSA) is 127 Å². The van der Waals surface area contributed by atoms with Crippen LogP contribution in [0.2, 0.25) is 10.0 Å². The van der Waals surface area contributed by atoms with Crippen molar-refractivity contribution in [1.82, 2.24) is 34.5 Å². The molecule has 228 valence electrons. The van der Waals surface area contributed by atoms with E-state index in [1.54, 1.807) is 35.3 Å². The Balaban J connectivity index is 1.36. The minimum absolute atomic E-state index is 0.0963. The molecule has 0 spiro atoms. The lowest BCUT2D eigenvalue weighted by atomic mass is 10.0. The first-order chi connectivity index (χ1) is 21.7. The maximum Gasteiger partial charge on any atom is 0.263 e. The summed E-state index contributed by atoms with van der Waals surface area (Å²) < 4.78 is 18.5. The van der Waals surface area contributed by atoms with E-state index in [0.29, 0.717) is 17.1 Å². The molecule has 3 heterocycles. The maximum absolute atomic E-state index is 15.5. The van der Waals surface area contributed by atoms with Crippen molar-refractivity contribution in [3.8, 4) is 11.4 Å². The number of alkyl halides is 1. The predicted octanol–water partition coefficient (Wildman–Crippen LogP) is 4.59. The molecule has 1 atom stereocenters. The lowest BCUT2D eigenvalue weighted by molar-refractivity contribution is 0.0381. The van der Waals surface area contributed by atoms with Gasteiger partial charge in [0.1, 0.15) is 6.33 Å². The molecule has 14 heteroatoms. The summed E-state index contributed by atoms with van der Waals surface area (Å²) >= 11 is 12.1. The van der Waals surface area contributed by atoms with E-state index >= 15 is 4.39 Å². The van der Waals surface area contributed by atoms with Crippen LogP contribution in [0.1, 0.15) is 37.8 Å². The number of carbonyl (C=O) groups excluding carboxylic acids is 2. The Morgan fingerprint density at radius 2 is 1.71 bits per heavy atom. The summed E-state index contributed by atoms with van der Waals surface area (Å²) in [5.41, 5.74) is 1.63. The zero-order valence-corrected chi connectivity index (χ0v) is 25.3. The summed E-state index contributed by atoms with van der Waals surface area (Å²) in [6.07, 6.45) is -0.582. The van der Waals surface area contributed by atoms with Gasteiger partial charge in [0.25, 0.3) is 17.4 Å². The smallest absolute Gasteiger partial charge is 0.263 e. The molecule has 2 amide bonds. The highest BCUT2D eigenvalue weighted by Crippen LogP contribution is 2.28. The number of halogens is 3. The fraction of sp³-hybridized carbons (Fsp3) is 0.161. The largest absolute Gasteiger partial charge is 0.355 e. The summed E-state index contributed by atoms with van der Waals surface area (Å²) in [6, 6.07) is 20.1. The molecule has 11 nitrogen and oxygen atoms in total. The Bertz CT molecular complexity index is 1960. The second-order valence-electron chi connectivity index (χ2n) is 10.1. The summed E-state index contributed by atoms with van der Waals surface area (Å²) in [7, 11) is 1.52. The van der Waals surface area contributed by atoms with Crippen LogP contribution in [0.25, 0.3) is 11.4 Å². The fourth-order valence-corrected chi connectivity index (χ4v) is 5.27. The van der Waals surface area contributed by atoms with Crippen LogP contribution < -0.4 is 16.2 Å². The average Bonchev–Trinajstić information content (AvgIpc) is 3.54. The van der Waals surface area contributed by atoms with E-state index in [0.717, 1.165) is 10.6 Å². The third-order valence-corrected chi connectivity index (χ3v) is 8.04. The molecule has 0 unspecified atom stereocenters. The highest BCUT2D eigenvalue weighted by Gasteiger charge is 2.34. The molecule has 1 aliphatic rings. The number of benzene rings is 3. The van der Waals surface area contributed by atoms with Crippen LogP contribution >= 0.6 is 23.2 Å². The lowest BCUT2D eigenvalue weighted by Gasteiger charge is -2.32. The molecular formula is C31H25Cl2FN8O3. The number of hydrogen-bond acceptors (Lipinski definition) is 7. The van der Waals surface area contributed by atoms with Crippen molar-refractivity contribution in [3.05, 3.63) is 128 Å². The number of nitrogens with one attached hydrogen (secondary N) is 2. The van der Waals surface area contributed by atoms with Gasteiger partial charge in [0, 0.05) is 30.2 Å². The van der Waals surface area contributed by atoms with Crippen molar-refractivity contribution in [2.75, 3.05) is 12.4 Å². The molecule has 0 radical (unpaired) electrons. The van der Waals surface area contributed by atoms with Crippen LogP contribution in [0.5, 0.6) is 0 Å². The molecule has 3 aromatic carbocycles. The molecule has 0 bridgehead atoms. The Hall–Kier alpha value is -5.07. The van der Waals surface area contributed by atoms with Gasteiger partial charge in [-0.2, -0.15) is 0 Å². The first kappa shape index (κ1) is 30.0. The number of hydrogen-bond donors (Lipinski definition) is 2. The number of fused-ring (bicyclic) bond motifs is 1. The van der Waals surface area contributed by atoms with Crippen molar-refractivity contribution in [2.24, 2.45) is 0 Å². The van der Waals surface area contributed by atoms with Gasteiger partial charge in [-0.1, -0.05) is 41.4 Å². The van der Waals surface area contributed by atoms with E-state index in [4.69, 9.17) is 28.2 Å². The van der Waals surface area contributed by atoms with Gasteiger partial charge < -0.3 is 15.5 Å². The Labute approximate surface area is 266 Å². The van der Waals surface area contributed by atoms with Crippen molar-refractivity contribution >= 4 is 41.0 Å². The van der Waals surface area contributed by atoms with E-state index < -0.39 is 17.8 Å². The highest BCUT2D eigenvalue weighted by molar-refractivity contribution is 6.42. The van der Waals surface area contributed by atoms with E-state index in [2.05, 4.69) is 20.7 Å². The third-order valence-electron chi connectivity index (χ3n) is 7.30. The minimum Gasteiger partial charge on any atom is -0.355 e. The summed E-state index contributed by atoms with van der Waals surface area (Å²) in [5.74, 6) is -0.357. The van der Waals surface area contributed by atoms with Crippen molar-refractivity contribution in [1.29, 1.82) is 0 Å². The standard InChI is InChI=1S/C31H25Cl2FN8O3/c1-35-28(43)18-7-10-21(11-8-18)42-30(45)22-14-26(34)40(29(44)19-9-12-23(32)24(33)13-19)16-25(22)38-31(42)36-15-27-37-17-41(39-27)20-5-3-2-4-6-20/h2-13,17,26H,14-16H2,1H3,(H,35,43)(H,36,38)/t26-/m0/s1. The van der Waals surface area contributed by atoms with E-state index in [1.807, 2.05) is 30.3 Å². The molecule has 0 aliphatic carbocycles. The molecule has 2 aromatic heterocycles. The van der Waals surface area contributed by atoms with Crippen molar-refractivity contribution < 1.29 is 14.0 Å². The monoisotopic (exact) mass is 646 g/mol. The molecule has 6 rings (SSSR count). The molecular weight excluding hydrogens is 622 g/mol. The van der Waals surface area contributed by atoms with E-state index in [-0.39, 0.29) is 58.2 Å². The Kier molecular flexibility index (Phi) is 8.33. The number of para-hydroxylation sites is 1. The van der Waals surface area contributed by atoms with Gasteiger partial charge >= 0.3 is 0 Å². The molecule has 1 aliphatic heterocycles. The van der Waals surface area contributed by atoms with Crippen molar-refractivity contribution in [3.63, 3.8) is 0 Å². The number of anilines is 1. The summed E-state index contributed by atoms with van der Waals surface area (Å²) in [4.78, 5) is 49.4. The third kappa shape index (κ3) is 6.02. The Morgan fingerprint density at radius 3 is 2.42 bits per heavy atom. The molecule has 0 saturated carbocycles. The first-order valence-corrected chi connectivity index (χ1v) is 14.6. The normalized spacial score (nSPS) is 14.1. The molecule has 2 N–H and O–H groups in total. The van der Waals surface area contributed by atoms with Crippen LogP contribution in [0.3, 0.4) is 0 Å². The number of amides is 2. The number of aromatic nitrogens is 5. The average molecular weight is 647 g/mol. The van der Waals surface area contributed by atoms with Crippen LogP contribution in [0, 0.1) is 0 Å². The quantitative estimate of drug-likeness (QED) is 0.248. The van der Waals surface area contributed by atoms with Crippen molar-refractivity contribution in [2.45, 2.75) is 25.8 Å². The predicted molar refractivity (Wildman–Crippen MR) is 167 cm³/mol. The van der Waals surface area contributed by atoms with E-state index in [9.17, 15) is 14.4 Å². The van der Waals surface area contributed by atoms with Gasteiger partial charge in [0.05, 0.1) is 40.2 Å². The summed E-state index contributed by atoms with van der Waals surface area (Å²) in [5, 5.41) is 10.6. The van der Waals surface area contributed by atoms with Gasteiger partial charge in [-0.05, 0) is 54.6 Å². The van der Waals surface area contributed by atoms with Crippen LogP contribution in [0.15, 0.2) is 83.9 Å².